The summed E-state index contributed by atoms with van der Waals surface area (Å²) in [4.78, 5) is 21.0. The first-order valence-corrected chi connectivity index (χ1v) is 9.48. The Morgan fingerprint density at radius 2 is 2.04 bits per heavy atom. The standard InChI is InChI=1S/C18H32N4O4.HI/c1-17(2,3)26-16(23)21-7-8-22-14(12-21)11-19-15(22)20-13-18(24-4)5-9-25-10-6-18;/h14H,5-13H2,1-4H3,(H,19,20);1H. The molecule has 2 fully saturated rings. The van der Waals surface area contributed by atoms with Gasteiger partial charge in [0.15, 0.2) is 5.96 Å². The van der Waals surface area contributed by atoms with E-state index < -0.39 is 5.60 Å². The molecule has 0 radical (unpaired) electrons. The van der Waals surface area contributed by atoms with Crippen LogP contribution in [0.25, 0.3) is 0 Å². The van der Waals surface area contributed by atoms with E-state index >= 15 is 0 Å². The van der Waals surface area contributed by atoms with Crippen LogP contribution in [0.3, 0.4) is 0 Å². The molecule has 27 heavy (non-hydrogen) atoms. The molecule has 3 rings (SSSR count). The second-order valence-electron chi connectivity index (χ2n) is 8.29. The van der Waals surface area contributed by atoms with E-state index in [1.54, 1.807) is 12.0 Å². The molecule has 0 aromatic rings. The first-order valence-electron chi connectivity index (χ1n) is 9.48. The molecule has 156 valence electrons. The van der Waals surface area contributed by atoms with Gasteiger partial charge in [0.25, 0.3) is 0 Å². The van der Waals surface area contributed by atoms with Crippen LogP contribution in [-0.2, 0) is 14.2 Å². The fraction of sp³-hybridized carbons (Fsp3) is 0.889. The van der Waals surface area contributed by atoms with E-state index in [4.69, 9.17) is 14.2 Å². The summed E-state index contributed by atoms with van der Waals surface area (Å²) < 4.78 is 16.7. The highest BCUT2D eigenvalue weighted by molar-refractivity contribution is 14.0. The van der Waals surface area contributed by atoms with Gasteiger partial charge in [0, 0.05) is 59.3 Å². The van der Waals surface area contributed by atoms with Crippen molar-refractivity contribution in [3.63, 3.8) is 0 Å². The van der Waals surface area contributed by atoms with Crippen LogP contribution in [0.4, 0.5) is 4.79 Å². The normalized spacial score (nSPS) is 24.6. The molecule has 1 atom stereocenters. The van der Waals surface area contributed by atoms with Gasteiger partial charge in [-0.15, -0.1) is 24.0 Å². The SMILES string of the molecule is COC1(CNC2=NCC3CN(C(=O)OC(C)(C)C)CCN23)CCOCC1.I. The number of carbonyl (C=O) groups excluding carboxylic acids is 1. The summed E-state index contributed by atoms with van der Waals surface area (Å²) in [5.41, 5.74) is -0.650. The van der Waals surface area contributed by atoms with E-state index in [9.17, 15) is 4.79 Å². The van der Waals surface area contributed by atoms with Crippen molar-refractivity contribution in [2.45, 2.75) is 50.9 Å². The molecule has 8 nitrogen and oxygen atoms in total. The van der Waals surface area contributed by atoms with Crippen LogP contribution in [0.5, 0.6) is 0 Å². The molecule has 0 bridgehead atoms. The number of nitrogens with zero attached hydrogens (tertiary/aromatic N) is 3. The quantitative estimate of drug-likeness (QED) is 0.600. The van der Waals surface area contributed by atoms with Crippen molar-refractivity contribution in [1.29, 1.82) is 0 Å². The Balaban J connectivity index is 0.00000261. The molecule has 1 N–H and O–H groups in total. The summed E-state index contributed by atoms with van der Waals surface area (Å²) >= 11 is 0. The number of hydrogen-bond acceptors (Lipinski definition) is 7. The molecule has 0 aliphatic carbocycles. The van der Waals surface area contributed by atoms with Crippen LogP contribution in [0.2, 0.25) is 0 Å². The number of piperazine rings is 1. The van der Waals surface area contributed by atoms with Crippen molar-refractivity contribution in [1.82, 2.24) is 15.1 Å². The summed E-state index contributed by atoms with van der Waals surface area (Å²) in [6.07, 6.45) is 1.54. The Morgan fingerprint density at radius 3 is 2.67 bits per heavy atom. The topological polar surface area (TPSA) is 75.6 Å². The third kappa shape index (κ3) is 5.60. The maximum atomic E-state index is 12.3. The monoisotopic (exact) mass is 496 g/mol. The highest BCUT2D eigenvalue weighted by Crippen LogP contribution is 2.24. The van der Waals surface area contributed by atoms with Gasteiger partial charge in [0.05, 0.1) is 18.2 Å². The van der Waals surface area contributed by atoms with Gasteiger partial charge >= 0.3 is 6.09 Å². The molecule has 3 aliphatic heterocycles. The Labute approximate surface area is 179 Å². The predicted molar refractivity (Wildman–Crippen MR) is 114 cm³/mol. The summed E-state index contributed by atoms with van der Waals surface area (Å²) in [5, 5.41) is 3.49. The molecule has 3 heterocycles. The lowest BCUT2D eigenvalue weighted by Gasteiger charge is -2.40. The van der Waals surface area contributed by atoms with Gasteiger partial charge in [-0.2, -0.15) is 0 Å². The lowest BCUT2D eigenvalue weighted by atomic mass is 9.94. The maximum absolute atomic E-state index is 12.3. The Hall–Kier alpha value is -0.810. The van der Waals surface area contributed by atoms with E-state index in [0.717, 1.165) is 45.1 Å². The Kier molecular flexibility index (Phi) is 7.60. The number of carbonyl (C=O) groups is 1. The summed E-state index contributed by atoms with van der Waals surface area (Å²) in [7, 11) is 1.77. The zero-order valence-corrected chi connectivity index (χ0v) is 19.2. The van der Waals surface area contributed by atoms with Crippen molar-refractivity contribution >= 4 is 36.0 Å². The third-order valence-electron chi connectivity index (χ3n) is 5.26. The highest BCUT2D eigenvalue weighted by atomic mass is 127. The second-order valence-corrected chi connectivity index (χ2v) is 8.29. The predicted octanol–water partition coefficient (Wildman–Crippen LogP) is 1.68. The van der Waals surface area contributed by atoms with E-state index in [1.165, 1.54) is 0 Å². The summed E-state index contributed by atoms with van der Waals surface area (Å²) in [6, 6.07) is 0.215. The number of ether oxygens (including phenoxy) is 3. The van der Waals surface area contributed by atoms with Crippen LogP contribution in [0.15, 0.2) is 4.99 Å². The first kappa shape index (κ1) is 22.5. The van der Waals surface area contributed by atoms with Gasteiger partial charge in [-0.3, -0.25) is 4.99 Å². The first-order chi connectivity index (χ1) is 12.3. The molecule has 2 saturated heterocycles. The van der Waals surface area contributed by atoms with Crippen molar-refractivity contribution in [3.05, 3.63) is 0 Å². The van der Waals surface area contributed by atoms with Crippen molar-refractivity contribution in [2.75, 3.05) is 53.0 Å². The number of aliphatic imine (C=N–C) groups is 1. The van der Waals surface area contributed by atoms with Crippen LogP contribution >= 0.6 is 24.0 Å². The van der Waals surface area contributed by atoms with Crippen molar-refractivity contribution in [3.8, 4) is 0 Å². The van der Waals surface area contributed by atoms with Gasteiger partial charge in [-0.1, -0.05) is 0 Å². The van der Waals surface area contributed by atoms with Gasteiger partial charge in [-0.25, -0.2) is 4.79 Å². The Morgan fingerprint density at radius 1 is 1.33 bits per heavy atom. The van der Waals surface area contributed by atoms with Crippen LogP contribution in [0.1, 0.15) is 33.6 Å². The summed E-state index contributed by atoms with van der Waals surface area (Å²) in [6.45, 7) is 10.6. The molecule has 0 aromatic heterocycles. The van der Waals surface area contributed by atoms with Crippen LogP contribution in [-0.4, -0.2) is 92.1 Å². The minimum Gasteiger partial charge on any atom is -0.444 e. The minimum absolute atomic E-state index is 0. The molecule has 3 aliphatic rings. The van der Waals surface area contributed by atoms with E-state index in [2.05, 4.69) is 15.2 Å². The minimum atomic E-state index is -0.467. The number of fused-ring (bicyclic) bond motifs is 1. The van der Waals surface area contributed by atoms with Gasteiger partial charge in [-0.05, 0) is 20.8 Å². The number of guanidine groups is 1. The fourth-order valence-electron chi connectivity index (χ4n) is 3.66. The molecule has 0 saturated carbocycles. The Bertz CT molecular complexity index is 546. The van der Waals surface area contributed by atoms with Crippen LogP contribution in [0, 0.1) is 0 Å². The largest absolute Gasteiger partial charge is 0.444 e. The zero-order chi connectivity index (χ0) is 18.8. The number of amides is 1. The molecular formula is C18H33IN4O4. The average molecular weight is 496 g/mol. The van der Waals surface area contributed by atoms with E-state index in [1.807, 2.05) is 20.8 Å². The van der Waals surface area contributed by atoms with E-state index in [-0.39, 0.29) is 41.7 Å². The summed E-state index contributed by atoms with van der Waals surface area (Å²) in [5.74, 6) is 0.918. The number of halogens is 1. The molecule has 0 spiro atoms. The van der Waals surface area contributed by atoms with Gasteiger partial charge < -0.3 is 29.3 Å². The molecular weight excluding hydrogens is 463 g/mol. The smallest absolute Gasteiger partial charge is 0.410 e. The number of rotatable bonds is 3. The average Bonchev–Trinajstić information content (AvgIpc) is 3.01. The third-order valence-corrected chi connectivity index (χ3v) is 5.26. The lowest BCUT2D eigenvalue weighted by molar-refractivity contribution is -0.0858. The zero-order valence-electron chi connectivity index (χ0n) is 16.8. The molecule has 9 heteroatoms. The number of nitrogens with one attached hydrogen (secondary N) is 1. The molecule has 0 aromatic carbocycles. The number of hydrogen-bond donors (Lipinski definition) is 1. The maximum Gasteiger partial charge on any atom is 0.410 e. The second kappa shape index (κ2) is 9.13. The van der Waals surface area contributed by atoms with Gasteiger partial charge in [0.1, 0.15) is 5.60 Å². The molecule has 1 amide bonds. The van der Waals surface area contributed by atoms with Gasteiger partial charge in [0.2, 0.25) is 0 Å². The van der Waals surface area contributed by atoms with Crippen molar-refractivity contribution in [2.24, 2.45) is 4.99 Å². The molecule has 1 unspecified atom stereocenters. The highest BCUT2D eigenvalue weighted by Gasteiger charge is 2.38. The van der Waals surface area contributed by atoms with E-state index in [0.29, 0.717) is 19.6 Å². The van der Waals surface area contributed by atoms with Crippen molar-refractivity contribution < 1.29 is 19.0 Å². The fourth-order valence-corrected chi connectivity index (χ4v) is 3.66. The van der Waals surface area contributed by atoms with Crippen LogP contribution < -0.4 is 5.32 Å². The lowest BCUT2D eigenvalue weighted by Crippen LogP contribution is -2.59. The number of methoxy groups -OCH3 is 1.